The molecular weight excluding hydrogens is 386 g/mol. The molecule has 0 spiro atoms. The van der Waals surface area contributed by atoms with Gasteiger partial charge in [0.05, 0.1) is 0 Å². The maximum Gasteiger partial charge on any atom is 0.363 e. The number of hydrogen-bond donors (Lipinski definition) is 0. The smallest absolute Gasteiger partial charge is 0.363 e. The number of nitrogens with zero attached hydrogens (tertiary/aromatic N) is 1. The van der Waals surface area contributed by atoms with E-state index in [0.717, 1.165) is 29.7 Å². The molecular formula is C27H27NO3. The van der Waals surface area contributed by atoms with Gasteiger partial charge in [0.2, 0.25) is 5.90 Å². The van der Waals surface area contributed by atoms with Crippen molar-refractivity contribution in [1.82, 2.24) is 0 Å². The summed E-state index contributed by atoms with van der Waals surface area (Å²) in [6.45, 7) is 7.05. The van der Waals surface area contributed by atoms with E-state index >= 15 is 0 Å². The van der Waals surface area contributed by atoms with Gasteiger partial charge >= 0.3 is 5.97 Å². The highest BCUT2D eigenvalue weighted by molar-refractivity contribution is 6.12. The minimum Gasteiger partial charge on any atom is -0.489 e. The van der Waals surface area contributed by atoms with Crippen molar-refractivity contribution >= 4 is 17.9 Å². The summed E-state index contributed by atoms with van der Waals surface area (Å²) in [6.07, 6.45) is 10.4. The van der Waals surface area contributed by atoms with Gasteiger partial charge in [-0.1, -0.05) is 63.3 Å². The predicted octanol–water partition coefficient (Wildman–Crippen LogP) is 5.98. The first-order valence-corrected chi connectivity index (χ1v) is 10.6. The molecule has 1 aliphatic heterocycles. The van der Waals surface area contributed by atoms with Crippen LogP contribution in [0.25, 0.3) is 6.08 Å². The van der Waals surface area contributed by atoms with Crippen molar-refractivity contribution in [1.29, 1.82) is 0 Å². The number of ether oxygens (including phenoxy) is 2. The van der Waals surface area contributed by atoms with Gasteiger partial charge < -0.3 is 9.47 Å². The van der Waals surface area contributed by atoms with Gasteiger partial charge in [0.1, 0.15) is 12.4 Å². The lowest BCUT2D eigenvalue weighted by molar-refractivity contribution is -0.129. The Balaban J connectivity index is 1.44. The van der Waals surface area contributed by atoms with E-state index in [1.807, 2.05) is 48.5 Å². The zero-order valence-electron chi connectivity index (χ0n) is 18.2. The molecule has 0 radical (unpaired) electrons. The molecule has 0 unspecified atom stereocenters. The monoisotopic (exact) mass is 413 g/mol. The normalized spacial score (nSPS) is 17.4. The van der Waals surface area contributed by atoms with Crippen LogP contribution < -0.4 is 4.74 Å². The van der Waals surface area contributed by atoms with Crippen molar-refractivity contribution < 1.29 is 14.3 Å². The van der Waals surface area contributed by atoms with Crippen molar-refractivity contribution in [3.05, 3.63) is 94.7 Å². The average molecular weight is 414 g/mol. The summed E-state index contributed by atoms with van der Waals surface area (Å²) in [5, 5.41) is 0. The van der Waals surface area contributed by atoms with Gasteiger partial charge in [0, 0.05) is 5.56 Å². The number of aliphatic imine (C=N–C) groups is 1. The van der Waals surface area contributed by atoms with Crippen molar-refractivity contribution in [2.24, 2.45) is 4.99 Å². The quantitative estimate of drug-likeness (QED) is 0.447. The van der Waals surface area contributed by atoms with E-state index in [0.29, 0.717) is 18.2 Å². The fraction of sp³-hybridized carbons (Fsp3) is 0.259. The third-order valence-electron chi connectivity index (χ3n) is 5.28. The molecule has 0 atom stereocenters. The molecule has 2 aromatic rings. The fourth-order valence-corrected chi connectivity index (χ4v) is 3.40. The minimum absolute atomic E-state index is 0.0671. The maximum absolute atomic E-state index is 12.3. The highest BCUT2D eigenvalue weighted by Crippen LogP contribution is 2.25. The largest absolute Gasteiger partial charge is 0.489 e. The lowest BCUT2D eigenvalue weighted by atomic mass is 9.87. The SMILES string of the molecule is CC(C)(C)c1ccc(C2=N/C(=C\c3ccc(OCC4=CCCC=C4)cc3)C(=O)O2)cc1. The maximum atomic E-state index is 12.3. The van der Waals surface area contributed by atoms with E-state index < -0.39 is 5.97 Å². The van der Waals surface area contributed by atoms with Crippen LogP contribution in [-0.4, -0.2) is 18.5 Å². The molecule has 0 N–H and O–H groups in total. The van der Waals surface area contributed by atoms with Crippen LogP contribution in [0.1, 0.15) is 50.3 Å². The molecule has 1 heterocycles. The first kappa shape index (κ1) is 20.9. The average Bonchev–Trinajstić information content (AvgIpc) is 3.14. The second-order valence-electron chi connectivity index (χ2n) is 8.78. The Hall–Kier alpha value is -3.40. The summed E-state index contributed by atoms with van der Waals surface area (Å²) in [4.78, 5) is 16.7. The van der Waals surface area contributed by atoms with Crippen molar-refractivity contribution in [2.75, 3.05) is 6.61 Å². The molecule has 0 fully saturated rings. The van der Waals surface area contributed by atoms with E-state index in [2.05, 4.69) is 44.0 Å². The van der Waals surface area contributed by atoms with Crippen LogP contribution in [-0.2, 0) is 14.9 Å². The number of carbonyl (C=O) groups is 1. The molecule has 0 saturated heterocycles. The molecule has 1 aliphatic carbocycles. The summed E-state index contributed by atoms with van der Waals surface area (Å²) >= 11 is 0. The lowest BCUT2D eigenvalue weighted by Crippen LogP contribution is -2.11. The van der Waals surface area contributed by atoms with Crippen LogP contribution in [0.2, 0.25) is 0 Å². The zero-order valence-corrected chi connectivity index (χ0v) is 18.2. The second-order valence-corrected chi connectivity index (χ2v) is 8.78. The molecule has 2 aromatic carbocycles. The predicted molar refractivity (Wildman–Crippen MR) is 124 cm³/mol. The molecule has 0 saturated carbocycles. The molecule has 0 aromatic heterocycles. The van der Waals surface area contributed by atoms with Crippen LogP contribution >= 0.6 is 0 Å². The third-order valence-corrected chi connectivity index (χ3v) is 5.28. The highest BCUT2D eigenvalue weighted by Gasteiger charge is 2.24. The molecule has 4 heteroatoms. The molecule has 158 valence electrons. The Morgan fingerprint density at radius 2 is 1.77 bits per heavy atom. The Morgan fingerprint density at radius 1 is 1.03 bits per heavy atom. The van der Waals surface area contributed by atoms with Crippen LogP contribution in [0.3, 0.4) is 0 Å². The van der Waals surface area contributed by atoms with Gasteiger partial charge in [-0.25, -0.2) is 9.79 Å². The number of benzene rings is 2. The molecule has 31 heavy (non-hydrogen) atoms. The Kier molecular flexibility index (Phi) is 5.90. The Labute approximate surface area is 183 Å². The van der Waals surface area contributed by atoms with Crippen LogP contribution in [0.5, 0.6) is 5.75 Å². The number of cyclic esters (lactones) is 1. The van der Waals surface area contributed by atoms with Gasteiger partial charge in [0.15, 0.2) is 5.70 Å². The van der Waals surface area contributed by atoms with Crippen molar-refractivity contribution in [3.63, 3.8) is 0 Å². The molecule has 0 amide bonds. The fourth-order valence-electron chi connectivity index (χ4n) is 3.40. The Bertz CT molecular complexity index is 1080. The van der Waals surface area contributed by atoms with Gasteiger partial charge in [-0.15, -0.1) is 0 Å². The van der Waals surface area contributed by atoms with Gasteiger partial charge in [-0.3, -0.25) is 0 Å². The Morgan fingerprint density at radius 3 is 2.42 bits per heavy atom. The number of carbonyl (C=O) groups excluding carboxylic acids is 1. The van der Waals surface area contributed by atoms with Gasteiger partial charge in [-0.2, -0.15) is 0 Å². The van der Waals surface area contributed by atoms with Gasteiger partial charge in [0.25, 0.3) is 0 Å². The lowest BCUT2D eigenvalue weighted by Gasteiger charge is -2.18. The molecule has 2 aliphatic rings. The molecule has 4 nitrogen and oxygen atoms in total. The van der Waals surface area contributed by atoms with Crippen molar-refractivity contribution in [3.8, 4) is 5.75 Å². The first-order valence-electron chi connectivity index (χ1n) is 10.6. The number of esters is 1. The molecule has 0 bridgehead atoms. The first-order chi connectivity index (χ1) is 14.9. The van der Waals surface area contributed by atoms with Crippen molar-refractivity contribution in [2.45, 2.75) is 39.0 Å². The van der Waals surface area contributed by atoms with E-state index in [1.165, 1.54) is 11.1 Å². The standard InChI is InChI=1S/C27H27NO3/c1-27(2,3)22-13-11-21(12-14-22)25-28-24(26(29)31-25)17-19-9-15-23(16-10-19)30-18-20-7-5-4-6-8-20/h5,7-17H,4,6,18H2,1-3H3/b24-17-. The summed E-state index contributed by atoms with van der Waals surface area (Å²) in [7, 11) is 0. The topological polar surface area (TPSA) is 47.9 Å². The summed E-state index contributed by atoms with van der Waals surface area (Å²) in [6, 6.07) is 15.6. The third kappa shape index (κ3) is 5.21. The molecule has 4 rings (SSSR count). The van der Waals surface area contributed by atoms with Gasteiger partial charge in [-0.05, 0) is 65.3 Å². The highest BCUT2D eigenvalue weighted by atomic mass is 16.6. The minimum atomic E-state index is -0.439. The summed E-state index contributed by atoms with van der Waals surface area (Å²) in [5.41, 5.74) is 4.43. The van der Waals surface area contributed by atoms with Crippen LogP contribution in [0.15, 0.2) is 83.0 Å². The summed E-state index contributed by atoms with van der Waals surface area (Å²) < 4.78 is 11.2. The van der Waals surface area contributed by atoms with E-state index in [-0.39, 0.29) is 5.41 Å². The van der Waals surface area contributed by atoms with Crippen LogP contribution in [0.4, 0.5) is 0 Å². The van der Waals surface area contributed by atoms with E-state index in [1.54, 1.807) is 6.08 Å². The van der Waals surface area contributed by atoms with E-state index in [9.17, 15) is 4.79 Å². The number of hydrogen-bond acceptors (Lipinski definition) is 4. The summed E-state index contributed by atoms with van der Waals surface area (Å²) in [5.74, 6) is 0.691. The number of allylic oxidation sites excluding steroid dienone is 2. The second kappa shape index (κ2) is 8.76. The van der Waals surface area contributed by atoms with Crippen LogP contribution in [0, 0.1) is 0 Å². The zero-order chi connectivity index (χ0) is 21.8. The number of rotatable bonds is 5. The van der Waals surface area contributed by atoms with E-state index in [4.69, 9.17) is 9.47 Å².